The molecule has 1 aliphatic heterocycles. The number of benzene rings is 1. The second-order valence-corrected chi connectivity index (χ2v) is 5.80. The molecule has 1 atom stereocenters. The van der Waals surface area contributed by atoms with Crippen molar-refractivity contribution in [1.29, 1.82) is 0 Å². The van der Waals surface area contributed by atoms with E-state index in [1.165, 1.54) is 0 Å². The molecule has 114 valence electrons. The highest BCUT2D eigenvalue weighted by molar-refractivity contribution is 5.81. The molecule has 1 aliphatic rings. The number of amides is 2. The number of aryl methyl sites for hydroxylation is 1. The average molecular weight is 289 g/mol. The Labute approximate surface area is 125 Å². The zero-order valence-corrected chi connectivity index (χ0v) is 12.7. The van der Waals surface area contributed by atoms with Gasteiger partial charge in [-0.3, -0.25) is 9.59 Å². The van der Waals surface area contributed by atoms with Crippen LogP contribution in [0.1, 0.15) is 11.1 Å². The molecule has 1 saturated heterocycles. The van der Waals surface area contributed by atoms with Gasteiger partial charge in [0.15, 0.2) is 0 Å². The van der Waals surface area contributed by atoms with Gasteiger partial charge in [-0.2, -0.15) is 0 Å². The Balaban J connectivity index is 2.07. The Morgan fingerprint density at radius 1 is 1.24 bits per heavy atom. The van der Waals surface area contributed by atoms with Crippen LogP contribution in [0.3, 0.4) is 0 Å². The maximum absolute atomic E-state index is 12.5. The van der Waals surface area contributed by atoms with Gasteiger partial charge in [0, 0.05) is 26.2 Å². The van der Waals surface area contributed by atoms with Crippen molar-refractivity contribution in [3.63, 3.8) is 0 Å². The van der Waals surface area contributed by atoms with Crippen LogP contribution in [-0.4, -0.2) is 54.8 Å². The summed E-state index contributed by atoms with van der Waals surface area (Å²) >= 11 is 0. The van der Waals surface area contributed by atoms with E-state index in [-0.39, 0.29) is 17.7 Å². The summed E-state index contributed by atoms with van der Waals surface area (Å²) in [6.07, 6.45) is 0.377. The Morgan fingerprint density at radius 2 is 1.95 bits per heavy atom. The third-order valence-corrected chi connectivity index (χ3v) is 4.08. The molecule has 2 rings (SSSR count). The molecule has 1 aromatic carbocycles. The van der Waals surface area contributed by atoms with Gasteiger partial charge in [-0.05, 0) is 25.1 Å². The molecule has 1 heterocycles. The summed E-state index contributed by atoms with van der Waals surface area (Å²) in [5, 5.41) is 0. The van der Waals surface area contributed by atoms with Crippen LogP contribution in [0.5, 0.6) is 0 Å². The van der Waals surface area contributed by atoms with Crippen LogP contribution in [-0.2, 0) is 16.0 Å². The van der Waals surface area contributed by atoms with Crippen molar-refractivity contribution < 1.29 is 9.59 Å². The number of carbonyl (C=O) groups excluding carboxylic acids is 2. The number of carbonyl (C=O) groups is 2. The molecule has 0 unspecified atom stereocenters. The van der Waals surface area contributed by atoms with E-state index < -0.39 is 0 Å². The summed E-state index contributed by atoms with van der Waals surface area (Å²) in [5.74, 6) is -0.568. The van der Waals surface area contributed by atoms with Gasteiger partial charge in [0.05, 0.1) is 12.3 Å². The molecule has 0 aromatic heterocycles. The molecule has 2 amide bonds. The number of hydrogen-bond acceptors (Lipinski definition) is 3. The molecule has 0 saturated carbocycles. The van der Waals surface area contributed by atoms with E-state index in [1.807, 2.05) is 38.2 Å². The first kappa shape index (κ1) is 15.5. The number of nitrogens with two attached hydrogens (primary N) is 1. The molecular weight excluding hydrogens is 266 g/mol. The monoisotopic (exact) mass is 289 g/mol. The molecule has 2 N–H and O–H groups in total. The van der Waals surface area contributed by atoms with Crippen molar-refractivity contribution in [3.8, 4) is 0 Å². The molecule has 0 aliphatic carbocycles. The highest BCUT2D eigenvalue weighted by Gasteiger charge is 2.27. The minimum absolute atomic E-state index is 0.0610. The zero-order chi connectivity index (χ0) is 15.4. The minimum Gasteiger partial charge on any atom is -0.369 e. The second kappa shape index (κ2) is 6.72. The van der Waals surface area contributed by atoms with Crippen molar-refractivity contribution in [3.05, 3.63) is 35.4 Å². The third-order valence-electron chi connectivity index (χ3n) is 4.08. The van der Waals surface area contributed by atoms with Crippen molar-refractivity contribution in [2.24, 2.45) is 11.7 Å². The molecule has 1 fully saturated rings. The molecule has 5 heteroatoms. The van der Waals surface area contributed by atoms with Gasteiger partial charge >= 0.3 is 0 Å². The molecule has 21 heavy (non-hydrogen) atoms. The van der Waals surface area contributed by atoms with Gasteiger partial charge in [0.25, 0.3) is 0 Å². The van der Waals surface area contributed by atoms with Crippen LogP contribution in [0.2, 0.25) is 0 Å². The lowest BCUT2D eigenvalue weighted by atomic mass is 10.0. The molecule has 5 nitrogen and oxygen atoms in total. The number of rotatable bonds is 3. The molecular formula is C16H23N3O2. The fraction of sp³-hybridized carbons (Fsp3) is 0.500. The maximum atomic E-state index is 12.5. The summed E-state index contributed by atoms with van der Waals surface area (Å²) in [6.45, 7) is 4.45. The lowest BCUT2D eigenvalue weighted by molar-refractivity contribution is -0.131. The average Bonchev–Trinajstić information content (AvgIpc) is 2.63. The molecule has 1 aromatic rings. The van der Waals surface area contributed by atoms with E-state index in [0.29, 0.717) is 26.1 Å². The first-order valence-corrected chi connectivity index (χ1v) is 7.27. The summed E-state index contributed by atoms with van der Waals surface area (Å²) in [5.41, 5.74) is 7.59. The smallest absolute Gasteiger partial charge is 0.227 e. The number of likely N-dealkylation sites (N-methyl/N-ethyl adjacent to an activating group) is 1. The molecule has 0 spiro atoms. The van der Waals surface area contributed by atoms with Gasteiger partial charge in [-0.25, -0.2) is 0 Å². The van der Waals surface area contributed by atoms with E-state index in [0.717, 1.165) is 17.7 Å². The van der Waals surface area contributed by atoms with Gasteiger partial charge < -0.3 is 15.5 Å². The topological polar surface area (TPSA) is 66.6 Å². The van der Waals surface area contributed by atoms with Crippen molar-refractivity contribution >= 4 is 11.8 Å². The van der Waals surface area contributed by atoms with Crippen LogP contribution < -0.4 is 5.73 Å². The van der Waals surface area contributed by atoms with E-state index in [1.54, 1.807) is 4.90 Å². The Morgan fingerprint density at radius 3 is 2.62 bits per heavy atom. The van der Waals surface area contributed by atoms with Crippen LogP contribution in [0.4, 0.5) is 0 Å². The number of hydrogen-bond donors (Lipinski definition) is 1. The fourth-order valence-corrected chi connectivity index (χ4v) is 2.66. The van der Waals surface area contributed by atoms with E-state index in [9.17, 15) is 9.59 Å². The molecule has 0 bridgehead atoms. The highest BCUT2D eigenvalue weighted by Crippen LogP contribution is 2.13. The normalized spacial score (nSPS) is 20.1. The minimum atomic E-state index is -0.336. The Bertz CT molecular complexity index is 530. The van der Waals surface area contributed by atoms with E-state index in [4.69, 9.17) is 5.73 Å². The third kappa shape index (κ3) is 4.04. The van der Waals surface area contributed by atoms with Crippen LogP contribution in [0.15, 0.2) is 24.3 Å². The van der Waals surface area contributed by atoms with Crippen LogP contribution in [0.25, 0.3) is 0 Å². The summed E-state index contributed by atoms with van der Waals surface area (Å²) in [6, 6.07) is 7.89. The number of primary amides is 1. The van der Waals surface area contributed by atoms with Gasteiger partial charge in [-0.1, -0.05) is 24.3 Å². The molecule has 0 radical (unpaired) electrons. The van der Waals surface area contributed by atoms with Crippen molar-refractivity contribution in [2.45, 2.75) is 13.3 Å². The Kier molecular flexibility index (Phi) is 4.96. The van der Waals surface area contributed by atoms with Gasteiger partial charge in [-0.15, -0.1) is 0 Å². The summed E-state index contributed by atoms with van der Waals surface area (Å²) in [7, 11) is 1.95. The first-order chi connectivity index (χ1) is 9.97. The van der Waals surface area contributed by atoms with Crippen LogP contribution in [0, 0.1) is 12.8 Å². The van der Waals surface area contributed by atoms with Gasteiger partial charge in [0.2, 0.25) is 11.8 Å². The fourth-order valence-electron chi connectivity index (χ4n) is 2.66. The standard InChI is InChI=1S/C16H23N3O2/c1-12-5-3-4-6-13(12)9-15(20)19-8-7-18(2)10-14(11-19)16(17)21/h3-6,14H,7-11H2,1-2H3,(H2,17,21)/t14-/m1/s1. The lowest BCUT2D eigenvalue weighted by Crippen LogP contribution is -2.41. The quantitative estimate of drug-likeness (QED) is 0.876. The second-order valence-electron chi connectivity index (χ2n) is 5.80. The van der Waals surface area contributed by atoms with Crippen LogP contribution >= 0.6 is 0 Å². The highest BCUT2D eigenvalue weighted by atomic mass is 16.2. The Hall–Kier alpha value is -1.88. The van der Waals surface area contributed by atoms with Gasteiger partial charge in [0.1, 0.15) is 0 Å². The van der Waals surface area contributed by atoms with E-state index in [2.05, 4.69) is 4.90 Å². The largest absolute Gasteiger partial charge is 0.369 e. The predicted molar refractivity (Wildman–Crippen MR) is 81.6 cm³/mol. The SMILES string of the molecule is Cc1ccccc1CC(=O)N1CCN(C)C[C@@H](C(N)=O)C1. The van der Waals surface area contributed by atoms with E-state index >= 15 is 0 Å². The van der Waals surface area contributed by atoms with Crippen molar-refractivity contribution in [1.82, 2.24) is 9.80 Å². The number of nitrogens with zero attached hydrogens (tertiary/aromatic N) is 2. The zero-order valence-electron chi connectivity index (χ0n) is 12.7. The summed E-state index contributed by atoms with van der Waals surface area (Å²) < 4.78 is 0. The predicted octanol–water partition coefficient (Wildman–Crippen LogP) is 0.413. The maximum Gasteiger partial charge on any atom is 0.227 e. The first-order valence-electron chi connectivity index (χ1n) is 7.27. The summed E-state index contributed by atoms with van der Waals surface area (Å²) in [4.78, 5) is 27.8. The van der Waals surface area contributed by atoms with Crippen molar-refractivity contribution in [2.75, 3.05) is 33.2 Å². The lowest BCUT2D eigenvalue weighted by Gasteiger charge is -2.23.